The van der Waals surface area contributed by atoms with E-state index in [1.807, 2.05) is 48.5 Å². The summed E-state index contributed by atoms with van der Waals surface area (Å²) in [6.07, 6.45) is 1.62. The van der Waals surface area contributed by atoms with Crippen molar-refractivity contribution in [2.24, 2.45) is 5.84 Å². The summed E-state index contributed by atoms with van der Waals surface area (Å²) in [6, 6.07) is 22.2. The van der Waals surface area contributed by atoms with Gasteiger partial charge in [-0.1, -0.05) is 60.7 Å². The van der Waals surface area contributed by atoms with Crippen LogP contribution in [0.15, 0.2) is 78.5 Å². The van der Waals surface area contributed by atoms with Gasteiger partial charge in [0.15, 0.2) is 0 Å². The van der Waals surface area contributed by atoms with Crippen LogP contribution in [0, 0.1) is 0 Å². The Morgan fingerprint density at radius 1 is 0.840 bits per heavy atom. The monoisotopic (exact) mass is 331 g/mol. The van der Waals surface area contributed by atoms with Gasteiger partial charge in [0.1, 0.15) is 5.70 Å². The number of rotatable bonds is 4. The summed E-state index contributed by atoms with van der Waals surface area (Å²) in [5.41, 5.74) is 3.41. The van der Waals surface area contributed by atoms with Gasteiger partial charge in [0.2, 0.25) is 0 Å². The maximum atomic E-state index is 12.4. The topological polar surface area (TPSA) is 84.2 Å². The zero-order chi connectivity index (χ0) is 17.6. The number of nitrogens with one attached hydrogen (secondary N) is 2. The highest BCUT2D eigenvalue weighted by Crippen LogP contribution is 2.20. The Labute approximate surface area is 145 Å². The average Bonchev–Trinajstić information content (AvgIpc) is 2.67. The second-order valence-electron chi connectivity index (χ2n) is 5.42. The summed E-state index contributed by atoms with van der Waals surface area (Å²) in [5, 5.41) is 4.64. The largest absolute Gasteiger partial charge is 0.317 e. The van der Waals surface area contributed by atoms with Crippen molar-refractivity contribution in [3.05, 3.63) is 89.6 Å². The third-order valence-corrected chi connectivity index (χ3v) is 3.78. The zero-order valence-corrected chi connectivity index (χ0v) is 13.4. The number of hydrogen-bond acceptors (Lipinski definition) is 3. The van der Waals surface area contributed by atoms with Crippen molar-refractivity contribution in [1.82, 2.24) is 10.7 Å². The molecule has 0 atom stereocenters. The molecule has 0 heterocycles. The summed E-state index contributed by atoms with van der Waals surface area (Å²) in [6.45, 7) is 0. The van der Waals surface area contributed by atoms with Crippen molar-refractivity contribution < 1.29 is 9.59 Å². The van der Waals surface area contributed by atoms with Gasteiger partial charge in [-0.25, -0.2) is 5.84 Å². The number of hydrazine groups is 1. The summed E-state index contributed by atoms with van der Waals surface area (Å²) >= 11 is 0. The third-order valence-electron chi connectivity index (χ3n) is 3.78. The molecule has 0 fully saturated rings. The Bertz CT molecular complexity index is 944. The number of carbonyl (C=O) groups excluding carboxylic acids is 2. The Hall–Kier alpha value is -3.44. The molecule has 124 valence electrons. The van der Waals surface area contributed by atoms with E-state index in [9.17, 15) is 9.59 Å². The van der Waals surface area contributed by atoms with E-state index in [0.29, 0.717) is 5.56 Å². The van der Waals surface area contributed by atoms with Crippen LogP contribution in [0.25, 0.3) is 16.8 Å². The van der Waals surface area contributed by atoms with Crippen LogP contribution in [-0.4, -0.2) is 11.8 Å². The Morgan fingerprint density at radius 3 is 2.28 bits per heavy atom. The van der Waals surface area contributed by atoms with Crippen LogP contribution in [0.1, 0.15) is 15.9 Å². The second-order valence-corrected chi connectivity index (χ2v) is 5.42. The molecular weight excluding hydrogens is 314 g/mol. The number of amides is 2. The van der Waals surface area contributed by atoms with Gasteiger partial charge in [0.05, 0.1) is 0 Å². The predicted molar refractivity (Wildman–Crippen MR) is 98.2 cm³/mol. The number of fused-ring (bicyclic) bond motifs is 1. The van der Waals surface area contributed by atoms with Crippen molar-refractivity contribution >= 4 is 28.7 Å². The average molecular weight is 331 g/mol. The van der Waals surface area contributed by atoms with Gasteiger partial charge in [0.25, 0.3) is 11.8 Å². The number of nitrogens with two attached hydrogens (primary N) is 1. The van der Waals surface area contributed by atoms with E-state index in [1.165, 1.54) is 0 Å². The first-order chi connectivity index (χ1) is 12.2. The number of benzene rings is 3. The van der Waals surface area contributed by atoms with Crippen LogP contribution in [-0.2, 0) is 4.79 Å². The molecule has 3 aromatic carbocycles. The molecule has 4 N–H and O–H groups in total. The third kappa shape index (κ3) is 3.73. The number of carbonyl (C=O) groups is 2. The van der Waals surface area contributed by atoms with Gasteiger partial charge in [-0.2, -0.15) is 0 Å². The fourth-order valence-corrected chi connectivity index (χ4v) is 2.55. The minimum absolute atomic E-state index is 0.0766. The van der Waals surface area contributed by atoms with Crippen LogP contribution >= 0.6 is 0 Å². The van der Waals surface area contributed by atoms with E-state index in [0.717, 1.165) is 16.3 Å². The molecule has 3 rings (SSSR count). The fourth-order valence-electron chi connectivity index (χ4n) is 2.55. The molecule has 0 aliphatic heterocycles. The standard InChI is InChI=1S/C20H17N3O2/c21-23-20(25)18(22-19(24)15-8-2-1-3-9-15)13-16-11-6-10-14-7-4-5-12-17(14)16/h1-13H,21H2,(H,22,24)(H,23,25). The highest BCUT2D eigenvalue weighted by molar-refractivity contribution is 6.06. The highest BCUT2D eigenvalue weighted by Gasteiger charge is 2.14. The fraction of sp³-hybridized carbons (Fsp3) is 0. The maximum absolute atomic E-state index is 12.4. The van der Waals surface area contributed by atoms with Crippen LogP contribution in [0.2, 0.25) is 0 Å². The van der Waals surface area contributed by atoms with Crippen molar-refractivity contribution in [3.63, 3.8) is 0 Å². The van der Waals surface area contributed by atoms with Crippen molar-refractivity contribution in [3.8, 4) is 0 Å². The molecule has 0 spiro atoms. The Morgan fingerprint density at radius 2 is 1.52 bits per heavy atom. The van der Waals surface area contributed by atoms with Crippen LogP contribution in [0.5, 0.6) is 0 Å². The van der Waals surface area contributed by atoms with Crippen molar-refractivity contribution in [2.45, 2.75) is 0 Å². The summed E-state index contributed by atoms with van der Waals surface area (Å²) in [7, 11) is 0. The first-order valence-electron chi connectivity index (χ1n) is 7.76. The van der Waals surface area contributed by atoms with Gasteiger partial charge in [-0.15, -0.1) is 0 Å². The molecule has 0 saturated heterocycles. The molecular formula is C20H17N3O2. The van der Waals surface area contributed by atoms with Gasteiger partial charge in [-0.3, -0.25) is 15.0 Å². The lowest BCUT2D eigenvalue weighted by Crippen LogP contribution is -2.38. The first-order valence-corrected chi connectivity index (χ1v) is 7.76. The maximum Gasteiger partial charge on any atom is 0.281 e. The van der Waals surface area contributed by atoms with Crippen LogP contribution < -0.4 is 16.6 Å². The van der Waals surface area contributed by atoms with Gasteiger partial charge in [0, 0.05) is 5.56 Å². The molecule has 0 aliphatic rings. The van der Waals surface area contributed by atoms with E-state index < -0.39 is 5.91 Å². The molecule has 5 heteroatoms. The summed E-state index contributed by atoms with van der Waals surface area (Å²) in [5.74, 6) is 4.31. The molecule has 25 heavy (non-hydrogen) atoms. The van der Waals surface area contributed by atoms with Crippen LogP contribution in [0.3, 0.4) is 0 Å². The first kappa shape index (κ1) is 16.4. The molecule has 0 aromatic heterocycles. The SMILES string of the molecule is NNC(=O)C(=Cc1cccc2ccccc12)NC(=O)c1ccccc1. The highest BCUT2D eigenvalue weighted by atomic mass is 16.2. The molecule has 0 bridgehead atoms. The number of hydrogen-bond donors (Lipinski definition) is 3. The molecule has 0 radical (unpaired) electrons. The van der Waals surface area contributed by atoms with E-state index in [4.69, 9.17) is 5.84 Å². The van der Waals surface area contributed by atoms with Gasteiger partial charge in [-0.05, 0) is 34.5 Å². The predicted octanol–water partition coefficient (Wildman–Crippen LogP) is 2.60. The quantitative estimate of drug-likeness (QED) is 0.297. The molecule has 0 unspecified atom stereocenters. The van der Waals surface area contributed by atoms with Crippen molar-refractivity contribution in [1.29, 1.82) is 0 Å². The second kappa shape index (κ2) is 7.42. The van der Waals surface area contributed by atoms with E-state index in [2.05, 4.69) is 10.7 Å². The molecule has 0 saturated carbocycles. The van der Waals surface area contributed by atoms with Gasteiger partial charge >= 0.3 is 0 Å². The zero-order valence-electron chi connectivity index (χ0n) is 13.4. The Kier molecular flexibility index (Phi) is 4.87. The molecule has 3 aromatic rings. The lowest BCUT2D eigenvalue weighted by Gasteiger charge is -2.10. The minimum Gasteiger partial charge on any atom is -0.317 e. The molecule has 2 amide bonds. The normalized spacial score (nSPS) is 11.2. The van der Waals surface area contributed by atoms with Crippen molar-refractivity contribution in [2.75, 3.05) is 0 Å². The Balaban J connectivity index is 1.99. The van der Waals surface area contributed by atoms with Gasteiger partial charge < -0.3 is 5.32 Å². The lowest BCUT2D eigenvalue weighted by atomic mass is 10.0. The minimum atomic E-state index is -0.572. The molecule has 5 nitrogen and oxygen atoms in total. The summed E-state index contributed by atoms with van der Waals surface area (Å²) < 4.78 is 0. The van der Waals surface area contributed by atoms with E-state index >= 15 is 0 Å². The lowest BCUT2D eigenvalue weighted by molar-refractivity contribution is -0.117. The molecule has 0 aliphatic carbocycles. The van der Waals surface area contributed by atoms with E-state index in [1.54, 1.807) is 30.3 Å². The summed E-state index contributed by atoms with van der Waals surface area (Å²) in [4.78, 5) is 24.5. The smallest absolute Gasteiger partial charge is 0.281 e. The van der Waals surface area contributed by atoms with E-state index in [-0.39, 0.29) is 11.6 Å². The van der Waals surface area contributed by atoms with Crippen LogP contribution in [0.4, 0.5) is 0 Å².